The van der Waals surface area contributed by atoms with E-state index in [2.05, 4.69) is 5.32 Å². The highest BCUT2D eigenvalue weighted by atomic mass is 16.3. The molecule has 2 amide bonds. The summed E-state index contributed by atoms with van der Waals surface area (Å²) in [4.78, 5) is 25.8. The predicted molar refractivity (Wildman–Crippen MR) is 88.5 cm³/mol. The van der Waals surface area contributed by atoms with E-state index in [-0.39, 0.29) is 11.8 Å². The van der Waals surface area contributed by atoms with Gasteiger partial charge in [-0.25, -0.2) is 0 Å². The van der Waals surface area contributed by atoms with Crippen LogP contribution >= 0.6 is 0 Å². The van der Waals surface area contributed by atoms with Gasteiger partial charge in [0.1, 0.15) is 11.8 Å². The largest absolute Gasteiger partial charge is 0.465 e. The molecule has 5 nitrogen and oxygen atoms in total. The van der Waals surface area contributed by atoms with Gasteiger partial charge in [0, 0.05) is 26.6 Å². The van der Waals surface area contributed by atoms with Crippen molar-refractivity contribution in [2.75, 3.05) is 14.1 Å². The summed E-state index contributed by atoms with van der Waals surface area (Å²) in [6, 6.07) is 12.5. The number of rotatable bonds is 6. The molecule has 2 aromatic rings. The predicted octanol–water partition coefficient (Wildman–Crippen LogP) is 2.11. The number of nitrogens with zero attached hydrogens (tertiary/aromatic N) is 1. The number of carbonyl (C=O) groups is 2. The van der Waals surface area contributed by atoms with Crippen molar-refractivity contribution >= 4 is 17.9 Å². The zero-order valence-corrected chi connectivity index (χ0v) is 13.2. The molecular formula is C18H20N2O3. The van der Waals surface area contributed by atoms with E-state index in [0.717, 1.165) is 5.56 Å². The van der Waals surface area contributed by atoms with E-state index in [1.54, 1.807) is 32.3 Å². The minimum absolute atomic E-state index is 0.145. The third-order valence-electron chi connectivity index (χ3n) is 3.28. The Bertz CT molecular complexity index is 661. The minimum Gasteiger partial charge on any atom is -0.465 e. The molecule has 0 fully saturated rings. The fraction of sp³-hybridized carbons (Fsp3) is 0.222. The van der Waals surface area contributed by atoms with Crippen molar-refractivity contribution in [3.63, 3.8) is 0 Å². The van der Waals surface area contributed by atoms with Gasteiger partial charge in [0.2, 0.25) is 11.8 Å². The average Bonchev–Trinajstić information content (AvgIpc) is 3.06. The van der Waals surface area contributed by atoms with Crippen LogP contribution < -0.4 is 5.32 Å². The number of hydrogen-bond donors (Lipinski definition) is 1. The van der Waals surface area contributed by atoms with Crippen LogP contribution in [0.5, 0.6) is 0 Å². The van der Waals surface area contributed by atoms with E-state index in [1.165, 1.54) is 17.2 Å². The van der Waals surface area contributed by atoms with Crippen molar-refractivity contribution in [2.45, 2.75) is 12.5 Å². The van der Waals surface area contributed by atoms with Crippen LogP contribution in [0.25, 0.3) is 6.08 Å². The third kappa shape index (κ3) is 5.14. The summed E-state index contributed by atoms with van der Waals surface area (Å²) >= 11 is 0. The summed E-state index contributed by atoms with van der Waals surface area (Å²) in [6.45, 7) is 0. The first kappa shape index (κ1) is 16.5. The van der Waals surface area contributed by atoms with Crippen molar-refractivity contribution in [2.24, 2.45) is 0 Å². The van der Waals surface area contributed by atoms with Gasteiger partial charge in [0.05, 0.1) is 6.26 Å². The highest BCUT2D eigenvalue weighted by Crippen LogP contribution is 2.06. The lowest BCUT2D eigenvalue weighted by atomic mass is 10.0. The summed E-state index contributed by atoms with van der Waals surface area (Å²) in [5.74, 6) is 0.102. The molecule has 0 saturated heterocycles. The van der Waals surface area contributed by atoms with Gasteiger partial charge in [-0.05, 0) is 23.8 Å². The molecule has 0 radical (unpaired) electrons. The maximum absolute atomic E-state index is 12.3. The topological polar surface area (TPSA) is 62.6 Å². The second-order valence-electron chi connectivity index (χ2n) is 5.33. The lowest BCUT2D eigenvalue weighted by Crippen LogP contribution is -2.47. The van der Waals surface area contributed by atoms with E-state index in [9.17, 15) is 9.59 Å². The van der Waals surface area contributed by atoms with Crippen LogP contribution in [0.15, 0.2) is 59.2 Å². The molecule has 0 aliphatic carbocycles. The Kier molecular flexibility index (Phi) is 5.74. The van der Waals surface area contributed by atoms with Crippen molar-refractivity contribution in [1.82, 2.24) is 10.2 Å². The van der Waals surface area contributed by atoms with Gasteiger partial charge in [-0.3, -0.25) is 9.59 Å². The van der Waals surface area contributed by atoms with Crippen LogP contribution in [-0.2, 0) is 16.0 Å². The summed E-state index contributed by atoms with van der Waals surface area (Å²) in [5, 5.41) is 2.75. The van der Waals surface area contributed by atoms with Crippen LogP contribution in [0.4, 0.5) is 0 Å². The zero-order chi connectivity index (χ0) is 16.7. The quantitative estimate of drug-likeness (QED) is 0.831. The fourth-order valence-corrected chi connectivity index (χ4v) is 2.13. The van der Waals surface area contributed by atoms with E-state index in [0.29, 0.717) is 12.2 Å². The first-order valence-electron chi connectivity index (χ1n) is 7.33. The Morgan fingerprint density at radius 2 is 1.91 bits per heavy atom. The van der Waals surface area contributed by atoms with Gasteiger partial charge in [-0.2, -0.15) is 0 Å². The Labute approximate surface area is 135 Å². The van der Waals surface area contributed by atoms with Crippen molar-refractivity contribution in [3.05, 3.63) is 66.1 Å². The highest BCUT2D eigenvalue weighted by Gasteiger charge is 2.21. The maximum Gasteiger partial charge on any atom is 0.244 e. The van der Waals surface area contributed by atoms with E-state index < -0.39 is 6.04 Å². The third-order valence-corrected chi connectivity index (χ3v) is 3.28. The molecule has 120 valence electrons. The Hall–Kier alpha value is -2.82. The second-order valence-corrected chi connectivity index (χ2v) is 5.33. The van der Waals surface area contributed by atoms with Gasteiger partial charge in [-0.1, -0.05) is 30.3 Å². The van der Waals surface area contributed by atoms with Gasteiger partial charge in [0.15, 0.2) is 0 Å². The standard InChI is InChI=1S/C18H20N2O3/c1-20(2)18(22)16(13-14-7-4-3-5-8-14)19-17(21)11-10-15-9-6-12-23-15/h3-12,16H,13H2,1-2H3,(H,19,21)/b11-10+/t16-/m1/s1. The summed E-state index contributed by atoms with van der Waals surface area (Å²) in [6.07, 6.45) is 4.90. The molecule has 1 aromatic carbocycles. The minimum atomic E-state index is -0.610. The van der Waals surface area contributed by atoms with Crippen molar-refractivity contribution in [1.29, 1.82) is 0 Å². The molecule has 23 heavy (non-hydrogen) atoms. The number of amides is 2. The molecule has 0 saturated carbocycles. The molecule has 1 N–H and O–H groups in total. The van der Waals surface area contributed by atoms with Crippen molar-refractivity contribution < 1.29 is 14.0 Å². The molecule has 0 aliphatic rings. The van der Waals surface area contributed by atoms with E-state index in [1.807, 2.05) is 30.3 Å². The zero-order valence-electron chi connectivity index (χ0n) is 13.2. The number of carbonyl (C=O) groups excluding carboxylic acids is 2. The SMILES string of the molecule is CN(C)C(=O)[C@@H](Cc1ccccc1)NC(=O)/C=C/c1ccco1. The van der Waals surface area contributed by atoms with E-state index >= 15 is 0 Å². The Morgan fingerprint density at radius 1 is 1.17 bits per heavy atom. The summed E-state index contributed by atoms with van der Waals surface area (Å²) in [5.41, 5.74) is 0.989. The number of likely N-dealkylation sites (N-methyl/N-ethyl adjacent to an activating group) is 1. The average molecular weight is 312 g/mol. The molecule has 0 spiro atoms. The molecule has 2 rings (SSSR count). The molecule has 0 bridgehead atoms. The van der Waals surface area contributed by atoms with E-state index in [4.69, 9.17) is 4.42 Å². The number of nitrogens with one attached hydrogen (secondary N) is 1. The van der Waals surface area contributed by atoms with Gasteiger partial charge >= 0.3 is 0 Å². The smallest absolute Gasteiger partial charge is 0.244 e. The highest BCUT2D eigenvalue weighted by molar-refractivity contribution is 5.95. The van der Waals surface area contributed by atoms with Crippen LogP contribution in [0.2, 0.25) is 0 Å². The lowest BCUT2D eigenvalue weighted by Gasteiger charge is -2.21. The molecule has 1 atom stereocenters. The number of furan rings is 1. The van der Waals surface area contributed by atoms with Gasteiger partial charge in [-0.15, -0.1) is 0 Å². The molecule has 0 aliphatic heterocycles. The van der Waals surface area contributed by atoms with Crippen LogP contribution in [0, 0.1) is 0 Å². The van der Waals surface area contributed by atoms with Gasteiger partial charge < -0.3 is 14.6 Å². The molecule has 1 aromatic heterocycles. The first-order chi connectivity index (χ1) is 11.1. The molecule has 0 unspecified atom stereocenters. The molecule has 5 heteroatoms. The van der Waals surface area contributed by atoms with Gasteiger partial charge in [0.25, 0.3) is 0 Å². The normalized spacial score (nSPS) is 12.1. The van der Waals surface area contributed by atoms with Crippen LogP contribution in [0.1, 0.15) is 11.3 Å². The lowest BCUT2D eigenvalue weighted by molar-refractivity contribution is -0.133. The molecular weight excluding hydrogens is 292 g/mol. The molecule has 1 heterocycles. The monoisotopic (exact) mass is 312 g/mol. The number of hydrogen-bond acceptors (Lipinski definition) is 3. The first-order valence-corrected chi connectivity index (χ1v) is 7.33. The Morgan fingerprint density at radius 3 is 2.52 bits per heavy atom. The Balaban J connectivity index is 2.04. The fourth-order valence-electron chi connectivity index (χ4n) is 2.13. The van der Waals surface area contributed by atoms with Crippen LogP contribution in [-0.4, -0.2) is 36.9 Å². The maximum atomic E-state index is 12.3. The van der Waals surface area contributed by atoms with Crippen LogP contribution in [0.3, 0.4) is 0 Å². The number of benzene rings is 1. The summed E-state index contributed by atoms with van der Waals surface area (Å²) in [7, 11) is 3.34. The second kappa shape index (κ2) is 7.98. The summed E-state index contributed by atoms with van der Waals surface area (Å²) < 4.78 is 5.13. The van der Waals surface area contributed by atoms with Crippen molar-refractivity contribution in [3.8, 4) is 0 Å².